The molecule has 2 aromatic heterocycles. The molecular formula is C21H24ClN3S2. The maximum absolute atomic E-state index is 5.99. The quantitative estimate of drug-likeness (QED) is 0.432. The first-order valence-corrected chi connectivity index (χ1v) is 11.8. The highest BCUT2D eigenvalue weighted by Crippen LogP contribution is 2.40. The van der Waals surface area contributed by atoms with E-state index in [1.165, 1.54) is 33.6 Å². The van der Waals surface area contributed by atoms with Crippen LogP contribution in [0.2, 0.25) is 5.02 Å². The van der Waals surface area contributed by atoms with Crippen molar-refractivity contribution in [2.45, 2.75) is 62.6 Å². The summed E-state index contributed by atoms with van der Waals surface area (Å²) in [5, 5.41) is 5.76. The van der Waals surface area contributed by atoms with E-state index in [0.29, 0.717) is 6.04 Å². The van der Waals surface area contributed by atoms with E-state index in [2.05, 4.69) is 31.3 Å². The van der Waals surface area contributed by atoms with Crippen LogP contribution in [0.25, 0.3) is 10.2 Å². The Morgan fingerprint density at radius 2 is 1.93 bits per heavy atom. The monoisotopic (exact) mass is 417 g/mol. The van der Waals surface area contributed by atoms with Crippen LogP contribution in [0.4, 0.5) is 5.82 Å². The number of benzene rings is 1. The molecule has 3 nitrogen and oxygen atoms in total. The Kier molecular flexibility index (Phi) is 5.90. The predicted molar refractivity (Wildman–Crippen MR) is 118 cm³/mol. The summed E-state index contributed by atoms with van der Waals surface area (Å²) >= 11 is 9.60. The van der Waals surface area contributed by atoms with Gasteiger partial charge in [-0.1, -0.05) is 25.4 Å². The maximum atomic E-state index is 5.99. The Balaban J connectivity index is 1.66. The van der Waals surface area contributed by atoms with Crippen LogP contribution in [-0.4, -0.2) is 16.0 Å². The van der Waals surface area contributed by atoms with Gasteiger partial charge in [-0.15, -0.1) is 23.1 Å². The topological polar surface area (TPSA) is 37.8 Å². The zero-order valence-electron chi connectivity index (χ0n) is 15.7. The van der Waals surface area contributed by atoms with Gasteiger partial charge in [-0.05, 0) is 61.9 Å². The van der Waals surface area contributed by atoms with Crippen LogP contribution in [-0.2, 0) is 18.6 Å². The fraction of sp³-hybridized carbons (Fsp3) is 0.429. The number of aryl methyl sites for hydroxylation is 2. The lowest BCUT2D eigenvalue weighted by Crippen LogP contribution is -2.18. The molecule has 1 aromatic carbocycles. The molecule has 6 heteroatoms. The summed E-state index contributed by atoms with van der Waals surface area (Å²) in [5.74, 6) is 2.70. The maximum Gasteiger partial charge on any atom is 0.142 e. The van der Waals surface area contributed by atoms with Gasteiger partial charge in [0, 0.05) is 20.8 Å². The molecule has 0 atom stereocenters. The molecule has 0 fully saturated rings. The Hall–Kier alpha value is -1.30. The molecule has 1 aliphatic rings. The smallest absolute Gasteiger partial charge is 0.142 e. The van der Waals surface area contributed by atoms with Crippen LogP contribution in [0, 0.1) is 0 Å². The molecule has 27 heavy (non-hydrogen) atoms. The highest BCUT2D eigenvalue weighted by atomic mass is 35.5. The van der Waals surface area contributed by atoms with Crippen LogP contribution in [0.5, 0.6) is 0 Å². The summed E-state index contributed by atoms with van der Waals surface area (Å²) in [7, 11) is 0. The molecule has 0 amide bonds. The molecule has 2 heterocycles. The van der Waals surface area contributed by atoms with Gasteiger partial charge < -0.3 is 5.32 Å². The predicted octanol–water partition coefficient (Wildman–Crippen LogP) is 6.73. The molecular weight excluding hydrogens is 394 g/mol. The van der Waals surface area contributed by atoms with Crippen molar-refractivity contribution in [2.24, 2.45) is 0 Å². The van der Waals surface area contributed by atoms with E-state index >= 15 is 0 Å². The van der Waals surface area contributed by atoms with Gasteiger partial charge in [-0.3, -0.25) is 0 Å². The number of halogens is 1. The van der Waals surface area contributed by atoms with Gasteiger partial charge in [-0.2, -0.15) is 0 Å². The molecule has 0 aliphatic heterocycles. The summed E-state index contributed by atoms with van der Waals surface area (Å²) in [6.45, 7) is 4.46. The summed E-state index contributed by atoms with van der Waals surface area (Å²) in [4.78, 5) is 13.7. The van der Waals surface area contributed by atoms with E-state index in [1.807, 2.05) is 23.5 Å². The minimum atomic E-state index is 0.455. The minimum absolute atomic E-state index is 0.455. The van der Waals surface area contributed by atoms with E-state index in [9.17, 15) is 0 Å². The first kappa shape index (κ1) is 19.0. The van der Waals surface area contributed by atoms with Crippen molar-refractivity contribution in [3.8, 4) is 0 Å². The van der Waals surface area contributed by atoms with Gasteiger partial charge in [0.05, 0.1) is 11.1 Å². The van der Waals surface area contributed by atoms with Crippen molar-refractivity contribution in [3.63, 3.8) is 0 Å². The number of nitrogens with one attached hydrogen (secondary N) is 1. The van der Waals surface area contributed by atoms with Gasteiger partial charge in [0.15, 0.2) is 0 Å². The van der Waals surface area contributed by atoms with Crippen molar-refractivity contribution in [3.05, 3.63) is 45.6 Å². The lowest BCUT2D eigenvalue weighted by molar-refractivity contribution is 0.668. The van der Waals surface area contributed by atoms with E-state index in [1.54, 1.807) is 11.8 Å². The molecule has 1 N–H and O–H groups in total. The molecule has 0 saturated heterocycles. The number of hydrogen-bond acceptors (Lipinski definition) is 5. The Bertz CT molecular complexity index is 933. The fourth-order valence-electron chi connectivity index (χ4n) is 3.57. The normalized spacial score (nSPS) is 13.5. The molecule has 0 bridgehead atoms. The number of thiophene rings is 1. The Labute approximate surface area is 174 Å². The second-order valence-corrected chi connectivity index (χ2v) is 9.50. The average Bonchev–Trinajstić information content (AvgIpc) is 3.26. The van der Waals surface area contributed by atoms with Gasteiger partial charge >= 0.3 is 0 Å². The van der Waals surface area contributed by atoms with Crippen LogP contribution < -0.4 is 5.32 Å². The second-order valence-electron chi connectivity index (χ2n) is 6.93. The molecule has 142 valence electrons. The number of rotatable bonds is 7. The van der Waals surface area contributed by atoms with Crippen molar-refractivity contribution < 1.29 is 0 Å². The molecule has 1 aliphatic carbocycles. The standard InChI is InChI=1S/C21H24ClN3S2/c1-3-14(4-2)23-20-19-16-6-5-7-17(16)27-21(19)25-18(24-20)12-26-15-10-8-13(22)9-11-15/h8-11,14H,3-7,12H2,1-2H3,(H,23,24,25). The van der Waals surface area contributed by atoms with Gasteiger partial charge in [0.25, 0.3) is 0 Å². The Morgan fingerprint density at radius 1 is 1.15 bits per heavy atom. The third-order valence-corrected chi connectivity index (χ3v) is 7.56. The van der Waals surface area contributed by atoms with Gasteiger partial charge in [-0.25, -0.2) is 9.97 Å². The number of fused-ring (bicyclic) bond motifs is 3. The number of hydrogen-bond donors (Lipinski definition) is 1. The highest BCUT2D eigenvalue weighted by molar-refractivity contribution is 7.98. The summed E-state index contributed by atoms with van der Waals surface area (Å²) < 4.78 is 0. The number of aromatic nitrogens is 2. The molecule has 3 aromatic rings. The van der Waals surface area contributed by atoms with Crippen LogP contribution in [0.1, 0.15) is 49.4 Å². The molecule has 0 spiro atoms. The second kappa shape index (κ2) is 8.38. The van der Waals surface area contributed by atoms with E-state index in [-0.39, 0.29) is 0 Å². The van der Waals surface area contributed by atoms with E-state index in [0.717, 1.165) is 46.5 Å². The Morgan fingerprint density at radius 3 is 2.67 bits per heavy atom. The SMILES string of the molecule is CCC(CC)Nc1nc(CSc2ccc(Cl)cc2)nc2sc3c(c12)CCC3. The number of thioether (sulfide) groups is 1. The molecule has 0 radical (unpaired) electrons. The van der Waals surface area contributed by atoms with Crippen molar-refractivity contribution in [1.82, 2.24) is 9.97 Å². The third kappa shape index (κ3) is 4.10. The summed E-state index contributed by atoms with van der Waals surface area (Å²) in [6, 6.07) is 8.41. The zero-order valence-corrected chi connectivity index (χ0v) is 18.1. The van der Waals surface area contributed by atoms with Gasteiger partial charge in [0.2, 0.25) is 0 Å². The van der Waals surface area contributed by atoms with Crippen LogP contribution in [0.3, 0.4) is 0 Å². The number of nitrogens with zero attached hydrogens (tertiary/aromatic N) is 2. The largest absolute Gasteiger partial charge is 0.367 e. The zero-order chi connectivity index (χ0) is 18.8. The number of anilines is 1. The molecule has 0 saturated carbocycles. The van der Waals surface area contributed by atoms with Crippen LogP contribution >= 0.6 is 34.7 Å². The van der Waals surface area contributed by atoms with Crippen LogP contribution in [0.15, 0.2) is 29.2 Å². The lowest BCUT2D eigenvalue weighted by atomic mass is 10.1. The summed E-state index contributed by atoms with van der Waals surface area (Å²) in [6.07, 6.45) is 5.81. The highest BCUT2D eigenvalue weighted by Gasteiger charge is 2.23. The minimum Gasteiger partial charge on any atom is -0.367 e. The van der Waals surface area contributed by atoms with Crippen molar-refractivity contribution in [1.29, 1.82) is 0 Å². The van der Waals surface area contributed by atoms with E-state index in [4.69, 9.17) is 21.6 Å². The average molecular weight is 418 g/mol. The fourth-order valence-corrected chi connectivity index (χ4v) is 5.73. The van der Waals surface area contributed by atoms with Crippen molar-refractivity contribution in [2.75, 3.05) is 5.32 Å². The summed E-state index contributed by atoms with van der Waals surface area (Å²) in [5.41, 5.74) is 1.49. The van der Waals surface area contributed by atoms with E-state index < -0.39 is 0 Å². The van der Waals surface area contributed by atoms with Gasteiger partial charge in [0.1, 0.15) is 16.5 Å². The molecule has 4 rings (SSSR count). The lowest BCUT2D eigenvalue weighted by Gasteiger charge is -2.17. The third-order valence-electron chi connectivity index (χ3n) is 5.12. The molecule has 0 unspecified atom stereocenters. The first-order valence-electron chi connectivity index (χ1n) is 9.64. The first-order chi connectivity index (χ1) is 13.2. The van der Waals surface area contributed by atoms with Crippen molar-refractivity contribution >= 4 is 50.7 Å².